The molecule has 0 saturated carbocycles. The Labute approximate surface area is 118 Å². The summed E-state index contributed by atoms with van der Waals surface area (Å²) < 4.78 is 37.9. The Bertz CT molecular complexity index is 748. The van der Waals surface area contributed by atoms with Gasteiger partial charge in [-0.05, 0) is 23.8 Å². The molecule has 0 atom stereocenters. The smallest absolute Gasteiger partial charge is 0.352 e. The number of halogens is 3. The van der Waals surface area contributed by atoms with Crippen LogP contribution in [0.1, 0.15) is 11.1 Å². The molecule has 0 fully saturated rings. The monoisotopic (exact) mass is 291 g/mol. The van der Waals surface area contributed by atoms with Crippen LogP contribution in [0.4, 0.5) is 19.1 Å². The van der Waals surface area contributed by atoms with Gasteiger partial charge in [-0.25, -0.2) is 4.98 Å². The van der Waals surface area contributed by atoms with E-state index < -0.39 is 11.7 Å². The Balaban J connectivity index is 1.81. The van der Waals surface area contributed by atoms with E-state index in [2.05, 4.69) is 15.3 Å². The highest BCUT2D eigenvalue weighted by molar-refractivity contribution is 5.78. The minimum absolute atomic E-state index is 0.292. The minimum atomic E-state index is -4.36. The Morgan fingerprint density at radius 2 is 1.81 bits per heavy atom. The van der Waals surface area contributed by atoms with Crippen molar-refractivity contribution in [2.24, 2.45) is 0 Å². The molecule has 0 radical (unpaired) electrons. The van der Waals surface area contributed by atoms with Gasteiger partial charge in [0, 0.05) is 6.54 Å². The number of benzene rings is 2. The number of imidazole rings is 1. The van der Waals surface area contributed by atoms with Gasteiger partial charge in [0.15, 0.2) is 0 Å². The molecule has 0 saturated heterocycles. The number of fused-ring (bicyclic) bond motifs is 1. The van der Waals surface area contributed by atoms with Crippen molar-refractivity contribution in [1.82, 2.24) is 9.97 Å². The third-order valence-electron chi connectivity index (χ3n) is 3.11. The van der Waals surface area contributed by atoms with Gasteiger partial charge in [-0.3, -0.25) is 0 Å². The van der Waals surface area contributed by atoms with Crippen molar-refractivity contribution in [1.29, 1.82) is 0 Å². The Hall–Kier alpha value is -2.50. The normalized spacial score (nSPS) is 11.8. The van der Waals surface area contributed by atoms with E-state index in [-0.39, 0.29) is 0 Å². The van der Waals surface area contributed by atoms with Crippen LogP contribution in [0.3, 0.4) is 0 Å². The first-order valence-electron chi connectivity index (χ1n) is 6.37. The largest absolute Gasteiger partial charge is 0.416 e. The number of nitrogens with zero attached hydrogens (tertiary/aromatic N) is 1. The molecule has 3 rings (SSSR count). The lowest BCUT2D eigenvalue weighted by molar-refractivity contribution is -0.137. The summed E-state index contributed by atoms with van der Waals surface area (Å²) in [6.45, 7) is 0.548. The Morgan fingerprint density at radius 3 is 2.52 bits per heavy atom. The highest BCUT2D eigenvalue weighted by Crippen LogP contribution is 2.31. The minimum Gasteiger partial charge on any atom is -0.352 e. The van der Waals surface area contributed by atoms with Crippen molar-refractivity contribution in [2.45, 2.75) is 12.7 Å². The Kier molecular flexibility index (Phi) is 3.29. The molecule has 6 heteroatoms. The zero-order valence-electron chi connectivity index (χ0n) is 10.9. The lowest BCUT2D eigenvalue weighted by atomic mass is 10.2. The second kappa shape index (κ2) is 5.12. The fourth-order valence-corrected chi connectivity index (χ4v) is 2.05. The average molecular weight is 291 g/mol. The van der Waals surface area contributed by atoms with Gasteiger partial charge < -0.3 is 10.3 Å². The number of aromatic amines is 1. The number of aromatic nitrogens is 2. The molecule has 0 bridgehead atoms. The van der Waals surface area contributed by atoms with Crippen LogP contribution in [0.5, 0.6) is 0 Å². The summed E-state index contributed by atoms with van der Waals surface area (Å²) >= 11 is 0. The number of hydrogen-bond donors (Lipinski definition) is 2. The quantitative estimate of drug-likeness (QED) is 0.759. The molecule has 108 valence electrons. The highest BCUT2D eigenvalue weighted by atomic mass is 19.4. The summed E-state index contributed by atoms with van der Waals surface area (Å²) in [5.74, 6) is 0.452. The van der Waals surface area contributed by atoms with E-state index in [9.17, 15) is 13.2 Å². The topological polar surface area (TPSA) is 40.7 Å². The number of H-pyrrole nitrogens is 1. The molecule has 21 heavy (non-hydrogen) atoms. The summed E-state index contributed by atoms with van der Waals surface area (Å²) in [6, 6.07) is 13.1. The van der Waals surface area contributed by atoms with Gasteiger partial charge in [0.05, 0.1) is 16.6 Å². The van der Waals surface area contributed by atoms with Crippen LogP contribution in [0.25, 0.3) is 11.0 Å². The van der Waals surface area contributed by atoms with E-state index >= 15 is 0 Å². The van der Waals surface area contributed by atoms with Crippen LogP contribution >= 0.6 is 0 Å². The number of anilines is 1. The zero-order valence-corrected chi connectivity index (χ0v) is 10.9. The first-order valence-corrected chi connectivity index (χ1v) is 6.37. The second-order valence-electron chi connectivity index (χ2n) is 4.65. The van der Waals surface area contributed by atoms with Gasteiger partial charge in [0.1, 0.15) is 0 Å². The fourth-order valence-electron chi connectivity index (χ4n) is 2.05. The molecule has 0 unspecified atom stereocenters. The number of alkyl halides is 3. The molecular weight excluding hydrogens is 279 g/mol. The molecule has 2 N–H and O–H groups in total. The summed E-state index contributed by atoms with van der Waals surface area (Å²) in [7, 11) is 0. The molecule has 0 aliphatic rings. The summed E-state index contributed by atoms with van der Waals surface area (Å²) in [6.07, 6.45) is -4.36. The first-order chi connectivity index (χ1) is 10.0. The maximum absolute atomic E-state index is 12.6. The maximum atomic E-state index is 12.6. The van der Waals surface area contributed by atoms with Crippen LogP contribution in [0.2, 0.25) is 0 Å². The fraction of sp³-hybridized carbons (Fsp3) is 0.133. The lowest BCUT2D eigenvalue weighted by Crippen LogP contribution is -2.04. The van der Waals surface area contributed by atoms with Crippen LogP contribution in [0.15, 0.2) is 48.5 Å². The van der Waals surface area contributed by atoms with Crippen LogP contribution in [0, 0.1) is 0 Å². The van der Waals surface area contributed by atoms with Gasteiger partial charge >= 0.3 is 6.18 Å². The first kappa shape index (κ1) is 13.5. The predicted octanol–water partition coefficient (Wildman–Crippen LogP) is 4.19. The average Bonchev–Trinajstić information content (AvgIpc) is 2.87. The van der Waals surface area contributed by atoms with E-state index in [1.807, 2.05) is 30.3 Å². The summed E-state index contributed by atoms with van der Waals surface area (Å²) in [4.78, 5) is 7.09. The van der Waals surface area contributed by atoms with Crippen LogP contribution in [-0.4, -0.2) is 9.97 Å². The molecule has 2 aromatic carbocycles. The van der Waals surface area contributed by atoms with Crippen molar-refractivity contribution >= 4 is 17.0 Å². The van der Waals surface area contributed by atoms with Gasteiger partial charge in [-0.2, -0.15) is 13.2 Å². The third-order valence-corrected chi connectivity index (χ3v) is 3.11. The molecule has 1 heterocycles. The molecule has 0 amide bonds. The summed E-state index contributed by atoms with van der Waals surface area (Å²) in [5.41, 5.74) is 1.23. The van der Waals surface area contributed by atoms with Crippen molar-refractivity contribution in [3.05, 3.63) is 59.7 Å². The second-order valence-corrected chi connectivity index (χ2v) is 4.65. The molecule has 3 aromatic rings. The van der Waals surface area contributed by atoms with E-state index in [0.717, 1.165) is 17.7 Å². The van der Waals surface area contributed by atoms with Gasteiger partial charge in [-0.1, -0.05) is 30.3 Å². The number of rotatable bonds is 3. The zero-order chi connectivity index (χ0) is 14.9. The van der Waals surface area contributed by atoms with Gasteiger partial charge in [0.25, 0.3) is 0 Å². The predicted molar refractivity (Wildman–Crippen MR) is 74.9 cm³/mol. The van der Waals surface area contributed by atoms with Crippen LogP contribution < -0.4 is 5.32 Å². The van der Waals surface area contributed by atoms with E-state index in [1.165, 1.54) is 6.07 Å². The van der Waals surface area contributed by atoms with E-state index in [1.54, 1.807) is 0 Å². The highest BCUT2D eigenvalue weighted by Gasteiger charge is 2.30. The van der Waals surface area contributed by atoms with Crippen molar-refractivity contribution in [2.75, 3.05) is 5.32 Å². The molecule has 3 nitrogen and oxygen atoms in total. The van der Waals surface area contributed by atoms with E-state index in [0.29, 0.717) is 23.5 Å². The van der Waals surface area contributed by atoms with Crippen molar-refractivity contribution in [3.8, 4) is 0 Å². The summed E-state index contributed by atoms with van der Waals surface area (Å²) in [5, 5.41) is 3.06. The van der Waals surface area contributed by atoms with Gasteiger partial charge in [-0.15, -0.1) is 0 Å². The molecular formula is C15H12F3N3. The molecule has 1 aromatic heterocycles. The van der Waals surface area contributed by atoms with Crippen LogP contribution in [-0.2, 0) is 12.7 Å². The third kappa shape index (κ3) is 2.99. The van der Waals surface area contributed by atoms with E-state index in [4.69, 9.17) is 0 Å². The lowest BCUT2D eigenvalue weighted by Gasteiger charge is -2.04. The van der Waals surface area contributed by atoms with Crippen molar-refractivity contribution < 1.29 is 13.2 Å². The molecule has 0 aliphatic carbocycles. The van der Waals surface area contributed by atoms with Crippen molar-refractivity contribution in [3.63, 3.8) is 0 Å². The Morgan fingerprint density at radius 1 is 1.05 bits per heavy atom. The molecule has 0 spiro atoms. The standard InChI is InChI=1S/C15H12F3N3/c16-15(17,18)11-6-7-12-13(8-11)21-14(20-12)19-9-10-4-2-1-3-5-10/h1-8H,9H2,(H2,19,20,21). The maximum Gasteiger partial charge on any atom is 0.416 e. The molecule has 0 aliphatic heterocycles. The number of hydrogen-bond acceptors (Lipinski definition) is 2. The van der Waals surface area contributed by atoms with Gasteiger partial charge in [0.2, 0.25) is 5.95 Å². The number of nitrogens with one attached hydrogen (secondary N) is 2. The SMILES string of the molecule is FC(F)(F)c1ccc2[nH]c(NCc3ccccc3)nc2c1.